The van der Waals surface area contributed by atoms with Crippen LogP contribution in [0.15, 0.2) is 21.5 Å². The Balaban J connectivity index is 1.96. The SMILES string of the molecule is COS(=O)(=O)c1cc(Br)cc(C(F)(F)F)c1OC(=O)COCCOC1CC(OC(C)=O)CC(COC(C)=O)O1. The molecule has 2 rings (SSSR count). The summed E-state index contributed by atoms with van der Waals surface area (Å²) in [5, 5.41) is 0. The van der Waals surface area contributed by atoms with E-state index in [4.69, 9.17) is 28.4 Å². The summed E-state index contributed by atoms with van der Waals surface area (Å²) in [6.07, 6.45) is -6.69. The van der Waals surface area contributed by atoms with E-state index in [0.29, 0.717) is 6.07 Å². The highest BCUT2D eigenvalue weighted by Crippen LogP contribution is 2.42. The maximum Gasteiger partial charge on any atom is 0.420 e. The molecule has 39 heavy (non-hydrogen) atoms. The van der Waals surface area contributed by atoms with Crippen molar-refractivity contribution in [2.24, 2.45) is 0 Å². The Labute approximate surface area is 230 Å². The Bertz CT molecular complexity index is 1140. The molecule has 0 spiro atoms. The van der Waals surface area contributed by atoms with Crippen molar-refractivity contribution >= 4 is 44.0 Å². The molecule has 0 aliphatic carbocycles. The van der Waals surface area contributed by atoms with Gasteiger partial charge in [0, 0.05) is 31.2 Å². The van der Waals surface area contributed by atoms with Gasteiger partial charge < -0.3 is 28.4 Å². The second kappa shape index (κ2) is 14.4. The molecule has 1 aromatic carbocycles. The summed E-state index contributed by atoms with van der Waals surface area (Å²) in [4.78, 5) is 33.6. The average Bonchev–Trinajstić information content (AvgIpc) is 2.82. The van der Waals surface area contributed by atoms with Crippen molar-refractivity contribution < 1.29 is 68.6 Å². The molecule has 0 N–H and O–H groups in total. The summed E-state index contributed by atoms with van der Waals surface area (Å²) < 4.78 is 100. The largest absolute Gasteiger partial charge is 0.463 e. The highest BCUT2D eigenvalue weighted by Gasteiger charge is 2.39. The molecule has 0 bridgehead atoms. The monoisotopic (exact) mass is 650 g/mol. The smallest absolute Gasteiger partial charge is 0.420 e. The number of carbonyl (C=O) groups is 3. The number of ether oxygens (including phenoxy) is 6. The molecular weight excluding hydrogens is 625 g/mol. The van der Waals surface area contributed by atoms with E-state index >= 15 is 0 Å². The zero-order valence-corrected chi connectivity index (χ0v) is 23.4. The first-order valence-corrected chi connectivity index (χ1v) is 13.4. The fourth-order valence-corrected chi connectivity index (χ4v) is 4.82. The Morgan fingerprint density at radius 1 is 1.10 bits per heavy atom. The molecule has 0 radical (unpaired) electrons. The number of alkyl halides is 3. The summed E-state index contributed by atoms with van der Waals surface area (Å²) in [6.45, 7) is 1.13. The lowest BCUT2D eigenvalue weighted by Crippen LogP contribution is -2.41. The van der Waals surface area contributed by atoms with Gasteiger partial charge in [-0.2, -0.15) is 21.6 Å². The molecule has 1 fully saturated rings. The number of rotatable bonds is 12. The van der Waals surface area contributed by atoms with E-state index < -0.39 is 75.5 Å². The third-order valence-electron chi connectivity index (χ3n) is 4.91. The molecule has 1 aliphatic heterocycles. The van der Waals surface area contributed by atoms with Crippen LogP contribution in [0, 0.1) is 0 Å². The van der Waals surface area contributed by atoms with Gasteiger partial charge in [-0.05, 0) is 12.1 Å². The van der Waals surface area contributed by atoms with Crippen LogP contribution in [0.3, 0.4) is 0 Å². The van der Waals surface area contributed by atoms with Crippen molar-refractivity contribution in [1.82, 2.24) is 0 Å². The van der Waals surface area contributed by atoms with Crippen molar-refractivity contribution in [2.75, 3.05) is 33.5 Å². The van der Waals surface area contributed by atoms with E-state index in [0.717, 1.165) is 13.2 Å². The highest BCUT2D eigenvalue weighted by molar-refractivity contribution is 9.10. The normalized spacial score (nSPS) is 19.8. The summed E-state index contributed by atoms with van der Waals surface area (Å²) in [6, 6.07) is 1.35. The Kier molecular flexibility index (Phi) is 12.1. The van der Waals surface area contributed by atoms with Gasteiger partial charge in [0.25, 0.3) is 0 Å². The maximum absolute atomic E-state index is 13.5. The molecule has 1 aromatic rings. The van der Waals surface area contributed by atoms with Crippen LogP contribution < -0.4 is 4.74 Å². The molecule has 1 heterocycles. The molecule has 3 unspecified atom stereocenters. The second-order valence-electron chi connectivity index (χ2n) is 7.99. The van der Waals surface area contributed by atoms with Crippen LogP contribution in [0.4, 0.5) is 13.2 Å². The van der Waals surface area contributed by atoms with Crippen molar-refractivity contribution in [3.8, 4) is 5.75 Å². The lowest BCUT2D eigenvalue weighted by molar-refractivity contribution is -0.231. The third kappa shape index (κ3) is 10.6. The molecule has 17 heteroatoms. The van der Waals surface area contributed by atoms with Crippen LogP contribution in [-0.2, 0) is 58.5 Å². The van der Waals surface area contributed by atoms with Gasteiger partial charge in [-0.1, -0.05) is 15.9 Å². The Hall–Kier alpha value is -2.31. The molecule has 1 saturated heterocycles. The quantitative estimate of drug-likeness (QED) is 0.142. The number of carbonyl (C=O) groups excluding carboxylic acids is 3. The lowest BCUT2D eigenvalue weighted by atomic mass is 10.1. The predicted molar refractivity (Wildman–Crippen MR) is 126 cm³/mol. The van der Waals surface area contributed by atoms with Gasteiger partial charge in [0.15, 0.2) is 12.0 Å². The van der Waals surface area contributed by atoms with Gasteiger partial charge in [0.05, 0.1) is 26.4 Å². The molecule has 12 nitrogen and oxygen atoms in total. The minimum atomic E-state index is -5.07. The van der Waals surface area contributed by atoms with Gasteiger partial charge in [-0.15, -0.1) is 0 Å². The van der Waals surface area contributed by atoms with E-state index in [1.807, 2.05) is 0 Å². The topological polar surface area (TPSA) is 150 Å². The van der Waals surface area contributed by atoms with Crippen molar-refractivity contribution in [1.29, 1.82) is 0 Å². The standard InChI is InChI=1S/C22H26BrF3O12S/c1-12(27)35-10-16-8-15(36-13(2)28)9-20(37-16)34-5-4-33-11-19(29)38-21-17(22(24,25)26)6-14(23)7-18(21)39(30,31)32-3/h6-7,15-16,20H,4-5,8-11H2,1-3H3. The second-order valence-corrected chi connectivity index (χ2v) is 10.6. The predicted octanol–water partition coefficient (Wildman–Crippen LogP) is 2.74. The van der Waals surface area contributed by atoms with Crippen LogP contribution in [0.1, 0.15) is 32.3 Å². The number of halogens is 4. The van der Waals surface area contributed by atoms with Gasteiger partial charge in [0.1, 0.15) is 29.8 Å². The molecular formula is C22H26BrF3O12S. The highest BCUT2D eigenvalue weighted by atomic mass is 79.9. The maximum atomic E-state index is 13.5. The van der Waals surface area contributed by atoms with E-state index in [-0.39, 0.29) is 37.1 Å². The lowest BCUT2D eigenvalue weighted by Gasteiger charge is -2.34. The number of hydrogen-bond acceptors (Lipinski definition) is 12. The van der Waals surface area contributed by atoms with E-state index in [1.54, 1.807) is 0 Å². The van der Waals surface area contributed by atoms with Gasteiger partial charge >= 0.3 is 34.2 Å². The molecule has 0 aromatic heterocycles. The fraction of sp³-hybridized carbons (Fsp3) is 0.591. The third-order valence-corrected chi connectivity index (χ3v) is 6.65. The molecule has 1 aliphatic rings. The first kappa shape index (κ1) is 32.9. The minimum Gasteiger partial charge on any atom is -0.463 e. The summed E-state index contributed by atoms with van der Waals surface area (Å²) in [5.41, 5.74) is -1.52. The minimum absolute atomic E-state index is 0.0912. The number of esters is 3. The van der Waals surface area contributed by atoms with Gasteiger partial charge in [-0.25, -0.2) is 4.79 Å². The molecule has 0 saturated carbocycles. The number of benzene rings is 1. The average molecular weight is 651 g/mol. The first-order valence-electron chi connectivity index (χ1n) is 11.2. The Morgan fingerprint density at radius 2 is 1.79 bits per heavy atom. The molecule has 0 amide bonds. The van der Waals surface area contributed by atoms with Crippen molar-refractivity contribution in [3.63, 3.8) is 0 Å². The summed E-state index contributed by atoms with van der Waals surface area (Å²) in [5.74, 6) is -3.62. The van der Waals surface area contributed by atoms with Crippen LogP contribution in [0.5, 0.6) is 5.75 Å². The van der Waals surface area contributed by atoms with E-state index in [2.05, 4.69) is 20.1 Å². The zero-order chi connectivity index (χ0) is 29.4. The van der Waals surface area contributed by atoms with Crippen molar-refractivity contribution in [3.05, 3.63) is 22.2 Å². The van der Waals surface area contributed by atoms with Crippen molar-refractivity contribution in [2.45, 2.75) is 56.3 Å². The zero-order valence-electron chi connectivity index (χ0n) is 20.9. The summed E-state index contributed by atoms with van der Waals surface area (Å²) in [7, 11) is -3.95. The van der Waals surface area contributed by atoms with Crippen LogP contribution >= 0.6 is 15.9 Å². The van der Waals surface area contributed by atoms with Crippen LogP contribution in [0.2, 0.25) is 0 Å². The molecule has 3 atom stereocenters. The van der Waals surface area contributed by atoms with E-state index in [9.17, 15) is 36.0 Å². The Morgan fingerprint density at radius 3 is 2.38 bits per heavy atom. The van der Waals surface area contributed by atoms with E-state index in [1.165, 1.54) is 13.8 Å². The van der Waals surface area contributed by atoms with Gasteiger partial charge in [0.2, 0.25) is 0 Å². The summed E-state index contributed by atoms with van der Waals surface area (Å²) >= 11 is 2.80. The first-order chi connectivity index (χ1) is 18.1. The van der Waals surface area contributed by atoms with Crippen LogP contribution in [0.25, 0.3) is 0 Å². The van der Waals surface area contributed by atoms with Crippen LogP contribution in [-0.4, -0.2) is 78.4 Å². The van der Waals surface area contributed by atoms with Gasteiger partial charge in [-0.3, -0.25) is 13.8 Å². The fourth-order valence-electron chi connectivity index (χ4n) is 3.38. The molecule has 220 valence electrons. The number of hydrogen-bond donors (Lipinski definition) is 0.